The summed E-state index contributed by atoms with van der Waals surface area (Å²) in [5, 5.41) is 25.3. The second-order valence-electron chi connectivity index (χ2n) is 24.3. The first-order chi connectivity index (χ1) is 41.3. The topological polar surface area (TPSA) is 211 Å². The van der Waals surface area contributed by atoms with E-state index in [0.717, 1.165) is 121 Å². The molecule has 0 spiro atoms. The monoisotopic (exact) mass is 1160 g/mol. The van der Waals surface area contributed by atoms with E-state index >= 15 is 0 Å². The first-order valence-electron chi connectivity index (χ1n) is 31.1. The molecule has 3 unspecified atom stereocenters. The molecule has 0 aromatic heterocycles. The molecule has 13 nitrogen and oxygen atoms in total. The third kappa shape index (κ3) is 11.4. The number of esters is 2. The number of hydrogen-bond acceptors (Lipinski definition) is 9. The van der Waals surface area contributed by atoms with Gasteiger partial charge in [0.1, 0.15) is 5.54 Å². The van der Waals surface area contributed by atoms with Crippen molar-refractivity contribution in [1.29, 1.82) is 0 Å². The normalized spacial score (nSPS) is 25.1. The lowest BCUT2D eigenvalue weighted by Crippen LogP contribution is -2.59. The van der Waals surface area contributed by atoms with E-state index in [1.54, 1.807) is 19.9 Å². The van der Waals surface area contributed by atoms with E-state index in [9.17, 15) is 33.9 Å². The SMILES string of the molecule is CCOC(=O)C1(N)[C@H](C)c2ccccc2[C@@H]1C.CCOC(=O)C1(NC(=O)c2cccc3c2CCCC3)[C@H](C)c2ccccc2[C@@H]1C.C[C@@H]1c2ccccc2[C@H](C)C1(NC(=O)c1cccc2c1CCCC2)C(=O)O.O=C(O)c1cccc2c1CCCC2. The minimum absolute atomic E-state index is 0.00671. The largest absolute Gasteiger partial charge is 0.479 e. The van der Waals surface area contributed by atoms with E-state index in [0.29, 0.717) is 23.3 Å². The van der Waals surface area contributed by atoms with Gasteiger partial charge in [0.05, 0.1) is 18.8 Å². The van der Waals surface area contributed by atoms with Gasteiger partial charge in [-0.25, -0.2) is 14.4 Å². The number of aliphatic carboxylic acids is 1. The minimum atomic E-state index is -1.34. The highest BCUT2D eigenvalue weighted by Crippen LogP contribution is 2.52. The number of nitrogens with one attached hydrogen (secondary N) is 2. The molecule has 6 N–H and O–H groups in total. The van der Waals surface area contributed by atoms with Crippen molar-refractivity contribution >= 4 is 35.7 Å². The van der Waals surface area contributed by atoms with Crippen LogP contribution in [0.15, 0.2) is 127 Å². The lowest BCUT2D eigenvalue weighted by Gasteiger charge is -2.36. The quantitative estimate of drug-likeness (QED) is 0.0814. The third-order valence-electron chi connectivity index (χ3n) is 20.1. The van der Waals surface area contributed by atoms with Gasteiger partial charge in [0.25, 0.3) is 11.8 Å². The predicted molar refractivity (Wildman–Crippen MR) is 334 cm³/mol. The molecule has 6 aliphatic rings. The van der Waals surface area contributed by atoms with Crippen LogP contribution in [0.25, 0.3) is 0 Å². The van der Waals surface area contributed by atoms with Crippen LogP contribution in [0.1, 0.15) is 227 Å². The number of carboxylic acids is 2. The Bertz CT molecular complexity index is 3440. The van der Waals surface area contributed by atoms with E-state index in [1.165, 1.54) is 23.1 Å². The molecule has 0 radical (unpaired) electrons. The molecule has 0 saturated carbocycles. The van der Waals surface area contributed by atoms with Crippen molar-refractivity contribution in [3.05, 3.63) is 211 Å². The molecule has 86 heavy (non-hydrogen) atoms. The number of carbonyl (C=O) groups is 6. The molecule has 0 aliphatic heterocycles. The fraction of sp³-hybridized carbons (Fsp3) is 0.425. The first kappa shape index (κ1) is 62.6. The van der Waals surface area contributed by atoms with Crippen LogP contribution >= 0.6 is 0 Å². The van der Waals surface area contributed by atoms with Crippen molar-refractivity contribution < 1.29 is 48.5 Å². The zero-order valence-corrected chi connectivity index (χ0v) is 51.2. The lowest BCUT2D eigenvalue weighted by molar-refractivity contribution is -0.152. The Morgan fingerprint density at radius 2 is 0.721 bits per heavy atom. The average Bonchev–Trinajstić information content (AvgIpc) is 1.90. The van der Waals surface area contributed by atoms with Crippen molar-refractivity contribution in [2.75, 3.05) is 13.2 Å². The van der Waals surface area contributed by atoms with Crippen LogP contribution in [-0.2, 0) is 62.4 Å². The Hall–Kier alpha value is -7.90. The zero-order valence-electron chi connectivity index (χ0n) is 51.2. The van der Waals surface area contributed by atoms with Gasteiger partial charge in [-0.2, -0.15) is 0 Å². The minimum Gasteiger partial charge on any atom is -0.479 e. The van der Waals surface area contributed by atoms with Crippen molar-refractivity contribution in [3.63, 3.8) is 0 Å². The third-order valence-corrected chi connectivity index (χ3v) is 20.1. The Balaban J connectivity index is 0.000000143. The molecule has 0 saturated heterocycles. The predicted octanol–water partition coefficient (Wildman–Crippen LogP) is 13.0. The van der Waals surface area contributed by atoms with Gasteiger partial charge in [-0.15, -0.1) is 0 Å². The summed E-state index contributed by atoms with van der Waals surface area (Å²) in [4.78, 5) is 75.5. The number of ether oxygens (including phenoxy) is 2. The summed E-state index contributed by atoms with van der Waals surface area (Å²) in [5.74, 6) is -3.82. The van der Waals surface area contributed by atoms with Crippen LogP contribution in [0.4, 0.5) is 0 Å². The summed E-state index contributed by atoms with van der Waals surface area (Å²) < 4.78 is 10.6. The molecule has 0 heterocycles. The second kappa shape index (κ2) is 26.4. The Labute approximate surface area is 506 Å². The molecule has 6 aromatic carbocycles. The van der Waals surface area contributed by atoms with Crippen molar-refractivity contribution in [1.82, 2.24) is 10.6 Å². The van der Waals surface area contributed by atoms with E-state index in [1.807, 2.05) is 151 Å². The molecule has 6 aliphatic carbocycles. The number of hydrogen-bond donors (Lipinski definition) is 5. The van der Waals surface area contributed by atoms with Crippen molar-refractivity contribution in [3.8, 4) is 0 Å². The van der Waals surface area contributed by atoms with E-state index in [-0.39, 0.29) is 65.9 Å². The molecule has 0 bridgehead atoms. The highest BCUT2D eigenvalue weighted by atomic mass is 16.5. The van der Waals surface area contributed by atoms with Gasteiger partial charge in [0.15, 0.2) is 11.1 Å². The van der Waals surface area contributed by atoms with Crippen LogP contribution in [0.3, 0.4) is 0 Å². The van der Waals surface area contributed by atoms with Gasteiger partial charge < -0.3 is 36.1 Å². The van der Waals surface area contributed by atoms with Gasteiger partial charge in [-0.1, -0.05) is 151 Å². The highest BCUT2D eigenvalue weighted by molar-refractivity contribution is 6.02. The number of rotatable bonds is 10. The molecule has 12 rings (SSSR count). The highest BCUT2D eigenvalue weighted by Gasteiger charge is 2.58. The van der Waals surface area contributed by atoms with Crippen molar-refractivity contribution in [2.45, 2.75) is 185 Å². The molecule has 2 amide bonds. The zero-order chi connectivity index (χ0) is 61.7. The maximum absolute atomic E-state index is 13.5. The summed E-state index contributed by atoms with van der Waals surface area (Å²) in [6.07, 6.45) is 12.5. The number of aryl methyl sites for hydroxylation is 3. The number of benzene rings is 6. The van der Waals surface area contributed by atoms with Gasteiger partial charge in [0, 0.05) is 46.6 Å². The molecular weight excluding hydrogens is 1080 g/mol. The van der Waals surface area contributed by atoms with Crippen LogP contribution in [-0.4, -0.2) is 75.7 Å². The number of fused-ring (bicyclic) bond motifs is 6. The van der Waals surface area contributed by atoms with Gasteiger partial charge in [0.2, 0.25) is 0 Å². The molecule has 452 valence electrons. The molecule has 9 atom stereocenters. The standard InChI is InChI=1S/C25H29NO3.C23H25NO3.C14H19NO2.C11H12O2/c1-4-29-24(28)25(16(2)19-12-7-8-13-20(19)17(25)3)26-23(27)22-15-9-11-18-10-5-6-14-21(18)22;1-14-17-10-5-6-11-18(17)15(2)23(14,22(26)27)24-21(25)20-13-7-9-16-8-3-4-12-19(16)20;1-4-17-13(16)14(15)9(2)11-7-5-6-8-12(11)10(14)3;12-11(13)10-7-3-5-8-4-1-2-6-9(8)10/h7-9,11-13,15-17H,4-6,10,14H2,1-3H3,(H,26,27);5-7,9-11,13-15H,3-4,8,12H2,1-2H3,(H,24,25)(H,26,27);5-10H,4,15H2,1-3H3;3,5,7H,1-2,4,6H2,(H,12,13)/t16-,17+,25?;14-,15+,23?;9-,10+,14?;. The first-order valence-corrected chi connectivity index (χ1v) is 31.1. The molecular formula is C73H85N3O10. The fourth-order valence-electron chi connectivity index (χ4n) is 15.1. The number of aromatic carboxylic acids is 1. The molecule has 0 fully saturated rings. The van der Waals surface area contributed by atoms with Crippen LogP contribution in [0.2, 0.25) is 0 Å². The maximum atomic E-state index is 13.5. The summed E-state index contributed by atoms with van der Waals surface area (Å²) in [5.41, 5.74) is 18.3. The maximum Gasteiger partial charge on any atom is 0.335 e. The summed E-state index contributed by atoms with van der Waals surface area (Å²) >= 11 is 0. The van der Waals surface area contributed by atoms with E-state index < -0.39 is 28.6 Å². The van der Waals surface area contributed by atoms with Gasteiger partial charge in [-0.05, 0) is 176 Å². The Kier molecular flexibility index (Phi) is 19.2. The van der Waals surface area contributed by atoms with Crippen LogP contribution in [0, 0.1) is 0 Å². The fourth-order valence-corrected chi connectivity index (χ4v) is 15.1. The Morgan fingerprint density at radius 3 is 1.07 bits per heavy atom. The summed E-state index contributed by atoms with van der Waals surface area (Å²) in [6.45, 7) is 16.1. The van der Waals surface area contributed by atoms with Gasteiger partial charge in [-0.3, -0.25) is 14.4 Å². The number of carbonyl (C=O) groups excluding carboxylic acids is 4. The van der Waals surface area contributed by atoms with Crippen LogP contribution < -0.4 is 16.4 Å². The summed E-state index contributed by atoms with van der Waals surface area (Å²) in [6, 6.07) is 41.3. The Morgan fingerprint density at radius 1 is 0.419 bits per heavy atom. The summed E-state index contributed by atoms with van der Waals surface area (Å²) in [7, 11) is 0. The number of amides is 2. The van der Waals surface area contributed by atoms with E-state index in [2.05, 4.69) is 22.8 Å². The van der Waals surface area contributed by atoms with Gasteiger partial charge >= 0.3 is 23.9 Å². The average molecular weight is 1160 g/mol. The molecule has 13 heteroatoms. The number of carboxylic acid groups (broad SMARTS) is 2. The second-order valence-corrected chi connectivity index (χ2v) is 24.3. The van der Waals surface area contributed by atoms with Crippen molar-refractivity contribution in [2.24, 2.45) is 5.73 Å². The number of nitrogens with two attached hydrogens (primary N) is 1. The lowest BCUT2D eigenvalue weighted by atomic mass is 9.79. The van der Waals surface area contributed by atoms with E-state index in [4.69, 9.17) is 20.3 Å². The smallest absolute Gasteiger partial charge is 0.335 e. The van der Waals surface area contributed by atoms with Crippen LogP contribution in [0.5, 0.6) is 0 Å². The molecule has 6 aromatic rings.